The van der Waals surface area contributed by atoms with Crippen molar-refractivity contribution >= 4 is 23.5 Å². The Hall–Kier alpha value is -4.46. The molecule has 0 saturated carbocycles. The molecule has 32 heavy (non-hydrogen) atoms. The molecule has 0 fully saturated rings. The van der Waals surface area contributed by atoms with Gasteiger partial charge in [-0.3, -0.25) is 0 Å². The Morgan fingerprint density at radius 1 is 0.625 bits per heavy atom. The first-order chi connectivity index (χ1) is 15.8. The lowest BCUT2D eigenvalue weighted by Gasteiger charge is -2.14. The van der Waals surface area contributed by atoms with Gasteiger partial charge in [-0.15, -0.1) is 0 Å². The van der Waals surface area contributed by atoms with Crippen molar-refractivity contribution in [3.63, 3.8) is 0 Å². The molecule has 4 aromatic rings. The smallest absolute Gasteiger partial charge is 0.132 e. The van der Waals surface area contributed by atoms with Crippen molar-refractivity contribution in [2.24, 2.45) is 10.3 Å². The first kappa shape index (κ1) is 20.8. The number of nitrogens with zero attached hydrogens (tertiary/aromatic N) is 4. The molecule has 0 aliphatic heterocycles. The molecule has 8 nitrogen and oxygen atoms in total. The van der Waals surface area contributed by atoms with Crippen LogP contribution < -0.4 is 9.47 Å². The van der Waals surface area contributed by atoms with Gasteiger partial charge in [0, 0.05) is 11.1 Å². The van der Waals surface area contributed by atoms with Gasteiger partial charge in [-0.25, -0.2) is 9.97 Å². The number of hydrogen-bond acceptors (Lipinski definition) is 8. The van der Waals surface area contributed by atoms with E-state index in [0.717, 1.165) is 11.0 Å². The van der Waals surface area contributed by atoms with Crippen molar-refractivity contribution < 1.29 is 19.9 Å². The van der Waals surface area contributed by atoms with Crippen LogP contribution in [0.4, 0.5) is 0 Å². The van der Waals surface area contributed by atoms with E-state index in [4.69, 9.17) is 29.9 Å². The van der Waals surface area contributed by atoms with E-state index in [1.54, 1.807) is 24.3 Å². The number of para-hydroxylation sites is 4. The van der Waals surface area contributed by atoms with Gasteiger partial charge in [0.25, 0.3) is 0 Å². The maximum Gasteiger partial charge on any atom is 0.132 e. The minimum atomic E-state index is 0.145. The molecule has 0 atom stereocenters. The zero-order chi connectivity index (χ0) is 22.2. The molecule has 0 bridgehead atoms. The molecule has 1 heterocycles. The number of rotatable bonds is 8. The molecule has 160 valence electrons. The predicted octanol–water partition coefficient (Wildman–Crippen LogP) is 4.40. The second-order valence-electron chi connectivity index (χ2n) is 6.75. The summed E-state index contributed by atoms with van der Waals surface area (Å²) in [4.78, 5) is 9.44. The van der Waals surface area contributed by atoms with Crippen LogP contribution in [0.3, 0.4) is 0 Å². The Balaban J connectivity index is 1.63. The van der Waals surface area contributed by atoms with Gasteiger partial charge >= 0.3 is 0 Å². The summed E-state index contributed by atoms with van der Waals surface area (Å²) < 4.78 is 11.9. The van der Waals surface area contributed by atoms with Gasteiger partial charge in [0.1, 0.15) is 36.1 Å². The normalized spacial score (nSPS) is 11.4. The average molecular weight is 428 g/mol. The molecule has 0 aliphatic carbocycles. The monoisotopic (exact) mass is 428 g/mol. The van der Waals surface area contributed by atoms with E-state index in [2.05, 4.69) is 10.3 Å². The predicted molar refractivity (Wildman–Crippen MR) is 120 cm³/mol. The Bertz CT molecular complexity index is 1180. The highest BCUT2D eigenvalue weighted by Gasteiger charge is 2.13. The Labute approximate surface area is 184 Å². The molecular weight excluding hydrogens is 408 g/mol. The molecular formula is C24H20N4O4. The van der Waals surface area contributed by atoms with Crippen molar-refractivity contribution in [1.82, 2.24) is 9.97 Å². The summed E-state index contributed by atoms with van der Waals surface area (Å²) in [6, 6.07) is 22.0. The first-order valence-electron chi connectivity index (χ1n) is 9.81. The summed E-state index contributed by atoms with van der Waals surface area (Å²) >= 11 is 0. The highest BCUT2D eigenvalue weighted by Crippen LogP contribution is 2.22. The van der Waals surface area contributed by atoms with Crippen molar-refractivity contribution in [3.05, 3.63) is 95.3 Å². The summed E-state index contributed by atoms with van der Waals surface area (Å²) in [5, 5.41) is 23.9. The zero-order valence-electron chi connectivity index (χ0n) is 17.0. The fourth-order valence-electron chi connectivity index (χ4n) is 3.16. The molecule has 3 aromatic carbocycles. The van der Waals surface area contributed by atoms with Gasteiger partial charge in [0.05, 0.1) is 23.5 Å². The van der Waals surface area contributed by atoms with Crippen LogP contribution in [-0.4, -0.2) is 32.8 Å². The number of fused-ring (bicyclic) bond motifs is 1. The Morgan fingerprint density at radius 3 is 1.47 bits per heavy atom. The average Bonchev–Trinajstić information content (AvgIpc) is 2.83. The molecule has 0 radical (unpaired) electrons. The fraction of sp³-hybridized carbons (Fsp3) is 0.0833. The van der Waals surface area contributed by atoms with Crippen LogP contribution in [0, 0.1) is 0 Å². The second kappa shape index (κ2) is 10.0. The van der Waals surface area contributed by atoms with Crippen LogP contribution in [0.15, 0.2) is 83.1 Å². The summed E-state index contributed by atoms with van der Waals surface area (Å²) in [6.45, 7) is 0.291. The van der Waals surface area contributed by atoms with E-state index in [9.17, 15) is 0 Å². The lowest BCUT2D eigenvalue weighted by atomic mass is 10.2. The van der Waals surface area contributed by atoms with E-state index in [-0.39, 0.29) is 13.2 Å². The number of aromatic nitrogens is 2. The Morgan fingerprint density at radius 2 is 1.03 bits per heavy atom. The maximum atomic E-state index is 8.88. The number of ether oxygens (including phenoxy) is 2. The van der Waals surface area contributed by atoms with Crippen LogP contribution >= 0.6 is 0 Å². The highest BCUT2D eigenvalue weighted by atomic mass is 16.5. The summed E-state index contributed by atoms with van der Waals surface area (Å²) in [5.74, 6) is 1.10. The second-order valence-corrected chi connectivity index (χ2v) is 6.75. The van der Waals surface area contributed by atoms with Gasteiger partial charge < -0.3 is 19.9 Å². The van der Waals surface area contributed by atoms with Gasteiger partial charge in [0.2, 0.25) is 0 Å². The van der Waals surface area contributed by atoms with Crippen molar-refractivity contribution in [1.29, 1.82) is 0 Å². The summed E-state index contributed by atoms with van der Waals surface area (Å²) in [7, 11) is 0. The number of benzene rings is 3. The van der Waals surface area contributed by atoms with Crippen molar-refractivity contribution in [3.8, 4) is 11.5 Å². The van der Waals surface area contributed by atoms with E-state index in [1.807, 2.05) is 48.5 Å². The molecule has 1 aromatic heterocycles. The van der Waals surface area contributed by atoms with E-state index >= 15 is 0 Å². The molecule has 0 saturated heterocycles. The van der Waals surface area contributed by atoms with E-state index < -0.39 is 0 Å². The van der Waals surface area contributed by atoms with Gasteiger partial charge in [0.15, 0.2) is 0 Å². The quantitative estimate of drug-likeness (QED) is 0.244. The SMILES string of the molecule is ON=Cc1ccccc1OCc1nc2ccccc2nc1COc1ccccc1C=NO. The van der Waals surface area contributed by atoms with Crippen molar-refractivity contribution in [2.75, 3.05) is 0 Å². The van der Waals surface area contributed by atoms with E-state index in [0.29, 0.717) is 34.0 Å². The molecule has 2 N–H and O–H groups in total. The van der Waals surface area contributed by atoms with Gasteiger partial charge in [-0.1, -0.05) is 46.7 Å². The van der Waals surface area contributed by atoms with Crippen LogP contribution in [0.25, 0.3) is 11.0 Å². The maximum absolute atomic E-state index is 8.88. The van der Waals surface area contributed by atoms with Crippen LogP contribution in [0.5, 0.6) is 11.5 Å². The minimum absolute atomic E-state index is 0.145. The molecule has 4 rings (SSSR count). The van der Waals surface area contributed by atoms with E-state index in [1.165, 1.54) is 12.4 Å². The molecule has 8 heteroatoms. The first-order valence-corrected chi connectivity index (χ1v) is 9.81. The molecule has 0 spiro atoms. The third kappa shape index (κ3) is 4.81. The number of hydrogen-bond donors (Lipinski definition) is 2. The fourth-order valence-corrected chi connectivity index (χ4v) is 3.16. The van der Waals surface area contributed by atoms with Crippen LogP contribution in [-0.2, 0) is 13.2 Å². The Kier molecular flexibility index (Phi) is 6.52. The third-order valence-electron chi connectivity index (χ3n) is 4.69. The zero-order valence-corrected chi connectivity index (χ0v) is 17.0. The molecule has 0 amide bonds. The molecule has 0 unspecified atom stereocenters. The molecule has 0 aliphatic rings. The summed E-state index contributed by atoms with van der Waals surface area (Å²) in [5.41, 5.74) is 4.00. The number of oxime groups is 2. The highest BCUT2D eigenvalue weighted by molar-refractivity contribution is 5.83. The summed E-state index contributed by atoms with van der Waals surface area (Å²) in [6.07, 6.45) is 2.62. The lowest BCUT2D eigenvalue weighted by Crippen LogP contribution is -2.10. The van der Waals surface area contributed by atoms with Gasteiger partial charge in [-0.05, 0) is 36.4 Å². The third-order valence-corrected chi connectivity index (χ3v) is 4.69. The standard InChI is InChI=1S/C24H20N4O4/c29-25-13-17-7-1-5-11-23(17)31-15-21-22(28-20-10-4-3-9-19(20)27-21)16-32-24-12-6-2-8-18(24)14-26-30/h1-14,29-30H,15-16H2. The lowest BCUT2D eigenvalue weighted by molar-refractivity contribution is 0.277. The van der Waals surface area contributed by atoms with Crippen molar-refractivity contribution in [2.45, 2.75) is 13.2 Å². The van der Waals surface area contributed by atoms with Crippen LogP contribution in [0.1, 0.15) is 22.5 Å². The minimum Gasteiger partial charge on any atom is -0.487 e. The van der Waals surface area contributed by atoms with Crippen LogP contribution in [0.2, 0.25) is 0 Å². The van der Waals surface area contributed by atoms with Gasteiger partial charge in [-0.2, -0.15) is 0 Å². The largest absolute Gasteiger partial charge is 0.487 e. The topological polar surface area (TPSA) is 109 Å².